The molecule has 1 aromatic heterocycles. The van der Waals surface area contributed by atoms with Gasteiger partial charge in [0.25, 0.3) is 5.91 Å². The van der Waals surface area contributed by atoms with Crippen LogP contribution in [0, 0.1) is 11.7 Å². The topological polar surface area (TPSA) is 100 Å². The highest BCUT2D eigenvalue weighted by Gasteiger charge is 2.27. The van der Waals surface area contributed by atoms with E-state index in [0.29, 0.717) is 17.3 Å². The summed E-state index contributed by atoms with van der Waals surface area (Å²) in [5, 5.41) is 14.2. The van der Waals surface area contributed by atoms with Crippen LogP contribution in [0.5, 0.6) is 0 Å². The molecule has 0 fully saturated rings. The first kappa shape index (κ1) is 19.4. The van der Waals surface area contributed by atoms with Gasteiger partial charge in [-0.2, -0.15) is 0 Å². The minimum Gasteiger partial charge on any atom is -0.480 e. The lowest BCUT2D eigenvalue weighted by atomic mass is 9.98. The standard InChI is InChI=1S/C18H22FN3O4/c1-4-10(2)16(18(26)20-9-15(23)24)21-17(25)14-8-11-7-12(19)5-6-13(11)22(14)3/h5-8,10,16H,4,9H2,1-3H3,(H,20,26)(H,21,25)(H,23,24). The molecule has 0 aliphatic carbocycles. The fourth-order valence-corrected chi connectivity index (χ4v) is 2.73. The van der Waals surface area contributed by atoms with Gasteiger partial charge < -0.3 is 20.3 Å². The first-order chi connectivity index (χ1) is 12.2. The van der Waals surface area contributed by atoms with Gasteiger partial charge in [-0.25, -0.2) is 4.39 Å². The van der Waals surface area contributed by atoms with Gasteiger partial charge in [-0.05, 0) is 30.2 Å². The Kier molecular flexibility index (Phi) is 5.97. The van der Waals surface area contributed by atoms with Gasteiger partial charge in [0, 0.05) is 18.0 Å². The number of hydrogen-bond acceptors (Lipinski definition) is 3. The predicted octanol–water partition coefficient (Wildman–Crippen LogP) is 1.66. The Balaban J connectivity index is 2.25. The number of carboxylic acid groups (broad SMARTS) is 1. The van der Waals surface area contributed by atoms with E-state index in [2.05, 4.69) is 10.6 Å². The summed E-state index contributed by atoms with van der Waals surface area (Å²) in [5.74, 6) is -2.80. The highest BCUT2D eigenvalue weighted by Crippen LogP contribution is 2.20. The summed E-state index contributed by atoms with van der Waals surface area (Å²) in [6.07, 6.45) is 0.617. The Labute approximate surface area is 150 Å². The molecule has 2 aromatic rings. The van der Waals surface area contributed by atoms with Gasteiger partial charge >= 0.3 is 5.97 Å². The van der Waals surface area contributed by atoms with Crippen molar-refractivity contribution in [2.45, 2.75) is 26.3 Å². The van der Waals surface area contributed by atoms with Gasteiger partial charge in [-0.3, -0.25) is 14.4 Å². The number of benzene rings is 1. The molecule has 0 aliphatic rings. The van der Waals surface area contributed by atoms with Gasteiger partial charge in [0.2, 0.25) is 5.91 Å². The molecule has 0 saturated heterocycles. The molecule has 26 heavy (non-hydrogen) atoms. The molecule has 0 aliphatic heterocycles. The maximum Gasteiger partial charge on any atom is 0.322 e. The molecule has 3 N–H and O–H groups in total. The van der Waals surface area contributed by atoms with E-state index in [1.807, 2.05) is 6.92 Å². The van der Waals surface area contributed by atoms with E-state index in [0.717, 1.165) is 0 Å². The zero-order chi connectivity index (χ0) is 19.4. The number of halogens is 1. The molecule has 7 nitrogen and oxygen atoms in total. The van der Waals surface area contributed by atoms with E-state index in [4.69, 9.17) is 5.11 Å². The van der Waals surface area contributed by atoms with Crippen molar-refractivity contribution in [1.29, 1.82) is 0 Å². The van der Waals surface area contributed by atoms with Gasteiger partial charge in [0.15, 0.2) is 0 Å². The van der Waals surface area contributed by atoms with E-state index >= 15 is 0 Å². The second kappa shape index (κ2) is 7.99. The minimum absolute atomic E-state index is 0.195. The molecular formula is C18H22FN3O4. The van der Waals surface area contributed by atoms with E-state index in [-0.39, 0.29) is 11.6 Å². The van der Waals surface area contributed by atoms with Gasteiger partial charge in [-0.1, -0.05) is 20.3 Å². The average Bonchev–Trinajstić information content (AvgIpc) is 2.92. The van der Waals surface area contributed by atoms with Crippen molar-refractivity contribution in [2.24, 2.45) is 13.0 Å². The molecule has 0 saturated carbocycles. The summed E-state index contributed by atoms with van der Waals surface area (Å²) < 4.78 is 15.0. The summed E-state index contributed by atoms with van der Waals surface area (Å²) in [4.78, 5) is 35.6. The Morgan fingerprint density at radius 2 is 1.96 bits per heavy atom. The van der Waals surface area contributed by atoms with E-state index in [1.165, 1.54) is 12.1 Å². The highest BCUT2D eigenvalue weighted by molar-refractivity contribution is 6.01. The average molecular weight is 363 g/mol. The maximum atomic E-state index is 13.4. The summed E-state index contributed by atoms with van der Waals surface area (Å²) >= 11 is 0. The van der Waals surface area contributed by atoms with Crippen LogP contribution in [0.3, 0.4) is 0 Å². The second-order valence-corrected chi connectivity index (χ2v) is 6.24. The normalized spacial score (nSPS) is 13.2. The molecule has 2 unspecified atom stereocenters. The van der Waals surface area contributed by atoms with Crippen molar-refractivity contribution in [1.82, 2.24) is 15.2 Å². The molecule has 140 valence electrons. The lowest BCUT2D eigenvalue weighted by Crippen LogP contribution is -2.51. The quantitative estimate of drug-likeness (QED) is 0.696. The number of nitrogens with one attached hydrogen (secondary N) is 2. The molecule has 2 amide bonds. The lowest BCUT2D eigenvalue weighted by Gasteiger charge is -2.23. The Morgan fingerprint density at radius 3 is 2.58 bits per heavy atom. The summed E-state index contributed by atoms with van der Waals surface area (Å²) in [5.41, 5.74) is 0.969. The number of rotatable bonds is 7. The number of nitrogens with zero attached hydrogens (tertiary/aromatic N) is 1. The smallest absolute Gasteiger partial charge is 0.322 e. The second-order valence-electron chi connectivity index (χ2n) is 6.24. The monoisotopic (exact) mass is 363 g/mol. The number of carbonyl (C=O) groups is 3. The van der Waals surface area contributed by atoms with Gasteiger partial charge in [0.05, 0.1) is 0 Å². The fourth-order valence-electron chi connectivity index (χ4n) is 2.73. The number of aryl methyl sites for hydroxylation is 1. The number of hydrogen-bond donors (Lipinski definition) is 3. The predicted molar refractivity (Wildman–Crippen MR) is 94.2 cm³/mol. The van der Waals surface area contributed by atoms with Crippen molar-refractivity contribution in [3.8, 4) is 0 Å². The van der Waals surface area contributed by atoms with Crippen LogP contribution < -0.4 is 10.6 Å². The van der Waals surface area contributed by atoms with Crippen LogP contribution in [0.15, 0.2) is 24.3 Å². The number of aliphatic carboxylic acids is 1. The number of fused-ring (bicyclic) bond motifs is 1. The largest absolute Gasteiger partial charge is 0.480 e. The number of aromatic nitrogens is 1. The molecular weight excluding hydrogens is 341 g/mol. The van der Waals surface area contributed by atoms with Crippen LogP contribution >= 0.6 is 0 Å². The molecule has 0 radical (unpaired) electrons. The number of carboxylic acids is 1. The molecule has 8 heteroatoms. The van der Waals surface area contributed by atoms with Crippen LogP contribution in [-0.4, -0.2) is 40.0 Å². The maximum absolute atomic E-state index is 13.4. The highest BCUT2D eigenvalue weighted by atomic mass is 19.1. The van der Waals surface area contributed by atoms with Crippen molar-refractivity contribution in [3.63, 3.8) is 0 Å². The van der Waals surface area contributed by atoms with Crippen molar-refractivity contribution in [2.75, 3.05) is 6.54 Å². The number of carbonyl (C=O) groups excluding carboxylic acids is 2. The van der Waals surface area contributed by atoms with E-state index < -0.39 is 36.2 Å². The summed E-state index contributed by atoms with van der Waals surface area (Å²) in [6, 6.07) is 4.90. The minimum atomic E-state index is -1.16. The summed E-state index contributed by atoms with van der Waals surface area (Å²) in [6.45, 7) is 3.14. The van der Waals surface area contributed by atoms with Crippen LogP contribution in [0.1, 0.15) is 30.8 Å². The SMILES string of the molecule is CCC(C)C(NC(=O)c1cc2cc(F)ccc2n1C)C(=O)NCC(=O)O. The Morgan fingerprint density at radius 1 is 1.27 bits per heavy atom. The molecule has 2 rings (SSSR count). The van der Waals surface area contributed by atoms with Crippen molar-refractivity contribution >= 4 is 28.7 Å². The molecule has 0 bridgehead atoms. The third-order valence-electron chi connectivity index (χ3n) is 4.43. The Hall–Kier alpha value is -2.90. The van der Waals surface area contributed by atoms with Crippen LogP contribution in [0.4, 0.5) is 4.39 Å². The first-order valence-corrected chi connectivity index (χ1v) is 8.30. The van der Waals surface area contributed by atoms with Crippen molar-refractivity contribution in [3.05, 3.63) is 35.8 Å². The summed E-state index contributed by atoms with van der Waals surface area (Å²) in [7, 11) is 1.68. The van der Waals surface area contributed by atoms with Crippen LogP contribution in [-0.2, 0) is 16.6 Å². The molecule has 1 heterocycles. The van der Waals surface area contributed by atoms with E-state index in [1.54, 1.807) is 30.7 Å². The number of amides is 2. The first-order valence-electron chi connectivity index (χ1n) is 8.30. The zero-order valence-corrected chi connectivity index (χ0v) is 14.9. The zero-order valence-electron chi connectivity index (χ0n) is 14.9. The van der Waals surface area contributed by atoms with E-state index in [9.17, 15) is 18.8 Å². The fraction of sp³-hybridized carbons (Fsp3) is 0.389. The van der Waals surface area contributed by atoms with Gasteiger partial charge in [-0.15, -0.1) is 0 Å². The third-order valence-corrected chi connectivity index (χ3v) is 4.43. The lowest BCUT2D eigenvalue weighted by molar-refractivity contribution is -0.138. The van der Waals surface area contributed by atoms with Crippen LogP contribution in [0.25, 0.3) is 10.9 Å². The van der Waals surface area contributed by atoms with Crippen molar-refractivity contribution < 1.29 is 23.9 Å². The molecule has 1 aromatic carbocycles. The van der Waals surface area contributed by atoms with Crippen LogP contribution in [0.2, 0.25) is 0 Å². The van der Waals surface area contributed by atoms with Gasteiger partial charge in [0.1, 0.15) is 24.1 Å². The Bertz CT molecular complexity index is 846. The third kappa shape index (κ3) is 4.19. The molecule has 2 atom stereocenters. The molecule has 0 spiro atoms.